The van der Waals surface area contributed by atoms with E-state index in [9.17, 15) is 9.90 Å². The molecule has 8 nitrogen and oxygen atoms in total. The minimum atomic E-state index is -0.963. The normalized spacial score (nSPS) is 15.1. The fraction of sp³-hybridized carbons (Fsp3) is 0.345. The molecular weight excluding hydrogens is 536 g/mol. The molecule has 3 heterocycles. The van der Waals surface area contributed by atoms with Crippen LogP contribution in [-0.2, 0) is 23.5 Å². The molecule has 1 aliphatic heterocycles. The number of carbonyl (C=O) groups excluding carboxylic acids is 1. The molecule has 39 heavy (non-hydrogen) atoms. The molecule has 1 aliphatic rings. The number of nitrogens with zero attached hydrogens (tertiary/aromatic N) is 4. The number of hydrogen-bond acceptors (Lipinski definition) is 8. The summed E-state index contributed by atoms with van der Waals surface area (Å²) >= 11 is 7.68. The van der Waals surface area contributed by atoms with Crippen LogP contribution in [0.4, 0.5) is 0 Å². The smallest absolute Gasteiger partial charge is 0.260 e. The Morgan fingerprint density at radius 3 is 2.59 bits per heavy atom. The van der Waals surface area contributed by atoms with Crippen molar-refractivity contribution in [2.24, 2.45) is 0 Å². The first kappa shape index (κ1) is 27.3. The maximum Gasteiger partial charge on any atom is 0.260 e. The van der Waals surface area contributed by atoms with Crippen molar-refractivity contribution >= 4 is 28.8 Å². The highest BCUT2D eigenvalue weighted by Gasteiger charge is 2.35. The van der Waals surface area contributed by atoms with Crippen LogP contribution in [0.3, 0.4) is 0 Å². The third-order valence-electron chi connectivity index (χ3n) is 7.15. The number of halogens is 1. The molecule has 10 heteroatoms. The Balaban J connectivity index is 1.24. The van der Waals surface area contributed by atoms with E-state index in [4.69, 9.17) is 21.0 Å². The Morgan fingerprint density at radius 2 is 1.92 bits per heavy atom. The second-order valence-corrected chi connectivity index (χ2v) is 11.4. The minimum Gasteiger partial charge on any atom is -0.483 e. The summed E-state index contributed by atoms with van der Waals surface area (Å²) in [5, 5.41) is 21.7. The topological polar surface area (TPSA) is 91.9 Å². The molecule has 0 radical (unpaired) electrons. The predicted octanol–water partition coefficient (Wildman–Crippen LogP) is 5.28. The first-order valence-electron chi connectivity index (χ1n) is 12.8. The van der Waals surface area contributed by atoms with Gasteiger partial charge < -0.3 is 14.7 Å². The van der Waals surface area contributed by atoms with E-state index in [1.54, 1.807) is 28.4 Å². The van der Waals surface area contributed by atoms with Gasteiger partial charge >= 0.3 is 0 Å². The van der Waals surface area contributed by atoms with Crippen LogP contribution in [0.2, 0.25) is 5.02 Å². The summed E-state index contributed by atoms with van der Waals surface area (Å²) in [5.74, 6) is 0.569. The van der Waals surface area contributed by atoms with Gasteiger partial charge in [-0.15, -0.1) is 11.3 Å². The van der Waals surface area contributed by atoms with Crippen LogP contribution in [0.15, 0.2) is 64.6 Å². The van der Waals surface area contributed by atoms with E-state index in [0.717, 1.165) is 28.1 Å². The molecule has 1 N–H and O–H groups in total. The van der Waals surface area contributed by atoms with Crippen LogP contribution < -0.4 is 4.74 Å². The van der Waals surface area contributed by atoms with Crippen molar-refractivity contribution in [3.8, 4) is 16.2 Å². The molecule has 5 rings (SSSR count). The number of thiophene rings is 1. The molecule has 2 aromatic carbocycles. The Morgan fingerprint density at radius 1 is 1.15 bits per heavy atom. The van der Waals surface area contributed by atoms with Gasteiger partial charge in [0.05, 0.1) is 5.60 Å². The van der Waals surface area contributed by atoms with E-state index < -0.39 is 5.60 Å². The summed E-state index contributed by atoms with van der Waals surface area (Å²) in [7, 11) is 2.00. The number of amides is 1. The highest BCUT2D eigenvalue weighted by Crippen LogP contribution is 2.34. The number of rotatable bonds is 9. The van der Waals surface area contributed by atoms with E-state index in [1.807, 2.05) is 44.3 Å². The summed E-state index contributed by atoms with van der Waals surface area (Å²) in [6, 6.07) is 17.4. The number of likely N-dealkylation sites (tertiary alicyclic amines) is 1. The van der Waals surface area contributed by atoms with Crippen molar-refractivity contribution in [1.29, 1.82) is 0 Å². The first-order valence-corrected chi connectivity index (χ1v) is 14.1. The second kappa shape index (κ2) is 11.9. The van der Waals surface area contributed by atoms with Gasteiger partial charge in [0, 0.05) is 41.6 Å². The Hall–Kier alpha value is -3.24. The summed E-state index contributed by atoms with van der Waals surface area (Å²) < 4.78 is 10.9. The van der Waals surface area contributed by atoms with Crippen LogP contribution in [0.1, 0.15) is 35.4 Å². The van der Waals surface area contributed by atoms with E-state index >= 15 is 0 Å². The van der Waals surface area contributed by atoms with Crippen molar-refractivity contribution in [2.75, 3.05) is 26.7 Å². The monoisotopic (exact) mass is 566 g/mol. The zero-order valence-corrected chi connectivity index (χ0v) is 23.5. The number of piperidine rings is 1. The van der Waals surface area contributed by atoms with Crippen molar-refractivity contribution < 1.29 is 19.3 Å². The largest absolute Gasteiger partial charge is 0.483 e. The van der Waals surface area contributed by atoms with Crippen LogP contribution >= 0.6 is 22.9 Å². The Bertz CT molecular complexity index is 1400. The summed E-state index contributed by atoms with van der Waals surface area (Å²) in [6.07, 6.45) is 0.921. The molecule has 0 aliphatic carbocycles. The van der Waals surface area contributed by atoms with Crippen molar-refractivity contribution in [3.05, 3.63) is 87.5 Å². The van der Waals surface area contributed by atoms with Gasteiger partial charge in [-0.1, -0.05) is 40.1 Å². The molecule has 0 spiro atoms. The third-order valence-corrected chi connectivity index (χ3v) is 8.32. The average molecular weight is 567 g/mol. The quantitative estimate of drug-likeness (QED) is 0.295. The number of hydrogen-bond donors (Lipinski definition) is 1. The lowest BCUT2D eigenvalue weighted by molar-refractivity contribution is -0.137. The maximum atomic E-state index is 13.1. The van der Waals surface area contributed by atoms with Gasteiger partial charge in [-0.05, 0) is 79.7 Å². The Labute approximate surface area is 236 Å². The van der Waals surface area contributed by atoms with Crippen LogP contribution in [0.25, 0.3) is 10.4 Å². The number of aryl methyl sites for hydroxylation is 1. The van der Waals surface area contributed by atoms with Gasteiger partial charge in [-0.25, -0.2) is 4.63 Å². The van der Waals surface area contributed by atoms with Gasteiger partial charge in [-0.2, -0.15) is 0 Å². The highest BCUT2D eigenvalue weighted by molar-refractivity contribution is 7.13. The van der Waals surface area contributed by atoms with Gasteiger partial charge in [0.1, 0.15) is 17.1 Å². The molecule has 0 unspecified atom stereocenters. The fourth-order valence-corrected chi connectivity index (χ4v) is 5.69. The maximum absolute atomic E-state index is 13.1. The SMILES string of the molecule is Cc1nonc1CN(C)Cc1cc(-c2cccs2)ccc1OCC(=O)N1CCC(O)(c2ccc(Cl)cc2)CC1. The van der Waals surface area contributed by atoms with E-state index in [2.05, 4.69) is 32.7 Å². The summed E-state index contributed by atoms with van der Waals surface area (Å²) in [4.78, 5) is 18.1. The lowest BCUT2D eigenvalue weighted by atomic mass is 9.84. The average Bonchev–Trinajstić information content (AvgIpc) is 3.61. The van der Waals surface area contributed by atoms with Gasteiger partial charge in [0.15, 0.2) is 6.61 Å². The van der Waals surface area contributed by atoms with Crippen molar-refractivity contribution in [2.45, 2.75) is 38.5 Å². The van der Waals surface area contributed by atoms with Gasteiger partial charge in [0.2, 0.25) is 0 Å². The lowest BCUT2D eigenvalue weighted by Crippen LogP contribution is -2.46. The molecule has 1 amide bonds. The number of carbonyl (C=O) groups is 1. The summed E-state index contributed by atoms with van der Waals surface area (Å²) in [5.41, 5.74) is 3.49. The molecule has 4 aromatic rings. The predicted molar refractivity (Wildman–Crippen MR) is 151 cm³/mol. The molecule has 1 saturated heterocycles. The van der Waals surface area contributed by atoms with E-state index in [-0.39, 0.29) is 12.5 Å². The standard InChI is InChI=1S/C29H31ClN4O4S/c1-20-25(32-38-31-20)18-33(2)17-22-16-21(27-4-3-15-39-27)5-10-26(22)37-19-28(35)34-13-11-29(36,12-14-34)23-6-8-24(30)9-7-23/h3-10,15-16,36H,11-14,17-19H2,1-2H3. The number of benzene rings is 2. The number of ether oxygens (including phenoxy) is 1. The lowest BCUT2D eigenvalue weighted by Gasteiger charge is -2.38. The third kappa shape index (κ3) is 6.50. The molecule has 2 aromatic heterocycles. The molecule has 204 valence electrons. The van der Waals surface area contributed by atoms with E-state index in [1.165, 1.54) is 4.88 Å². The molecular formula is C29H31ClN4O4S. The first-order chi connectivity index (χ1) is 18.8. The molecule has 0 saturated carbocycles. The molecule has 0 atom stereocenters. The van der Waals surface area contributed by atoms with Crippen molar-refractivity contribution in [1.82, 2.24) is 20.1 Å². The second-order valence-electron chi connectivity index (χ2n) is 9.98. The van der Waals surface area contributed by atoms with E-state index in [0.29, 0.717) is 49.8 Å². The minimum absolute atomic E-state index is 0.0687. The number of aromatic nitrogens is 2. The van der Waals surface area contributed by atoms with Gasteiger partial charge in [-0.3, -0.25) is 9.69 Å². The molecule has 0 bridgehead atoms. The summed E-state index contributed by atoms with van der Waals surface area (Å²) in [6.45, 7) is 3.88. The fourth-order valence-electron chi connectivity index (χ4n) is 4.84. The Kier molecular flexibility index (Phi) is 8.32. The zero-order valence-electron chi connectivity index (χ0n) is 22.0. The number of aliphatic hydroxyl groups is 1. The zero-order chi connectivity index (χ0) is 27.4. The van der Waals surface area contributed by atoms with Crippen molar-refractivity contribution in [3.63, 3.8) is 0 Å². The van der Waals surface area contributed by atoms with Gasteiger partial charge in [0.25, 0.3) is 5.91 Å². The highest BCUT2D eigenvalue weighted by atomic mass is 35.5. The molecule has 1 fully saturated rings. The van der Waals surface area contributed by atoms with Crippen LogP contribution in [0, 0.1) is 6.92 Å². The van der Waals surface area contributed by atoms with Crippen LogP contribution in [0.5, 0.6) is 5.75 Å². The van der Waals surface area contributed by atoms with Crippen LogP contribution in [-0.4, -0.2) is 57.9 Å².